The van der Waals surface area contributed by atoms with Crippen LogP contribution < -0.4 is 5.32 Å². The summed E-state index contributed by atoms with van der Waals surface area (Å²) in [6.45, 7) is 11.6. The summed E-state index contributed by atoms with van der Waals surface area (Å²) in [7, 11) is 0. The Kier molecular flexibility index (Phi) is 4.80. The van der Waals surface area contributed by atoms with Crippen LogP contribution in [0.5, 0.6) is 0 Å². The third-order valence-electron chi connectivity index (χ3n) is 5.20. The van der Waals surface area contributed by atoms with Crippen molar-refractivity contribution < 1.29 is 14.3 Å². The van der Waals surface area contributed by atoms with Crippen molar-refractivity contribution in [1.29, 1.82) is 0 Å². The maximum absolute atomic E-state index is 13.0. The molecule has 144 valence electrons. The lowest BCUT2D eigenvalue weighted by Crippen LogP contribution is -2.45. The van der Waals surface area contributed by atoms with Crippen LogP contribution in [0.2, 0.25) is 0 Å². The van der Waals surface area contributed by atoms with Crippen LogP contribution in [0.3, 0.4) is 0 Å². The topological polar surface area (TPSA) is 96.4 Å². The summed E-state index contributed by atoms with van der Waals surface area (Å²) in [5.74, 6) is -1.06. The Balaban J connectivity index is 1.99. The predicted molar refractivity (Wildman–Crippen MR) is 104 cm³/mol. The molecule has 2 amide bonds. The zero-order valence-corrected chi connectivity index (χ0v) is 16.6. The van der Waals surface area contributed by atoms with Crippen molar-refractivity contribution in [2.24, 2.45) is 16.3 Å². The zero-order chi connectivity index (χ0) is 19.9. The van der Waals surface area contributed by atoms with Gasteiger partial charge in [-0.05, 0) is 43.4 Å². The first-order valence-electron chi connectivity index (χ1n) is 9.07. The molecule has 1 aliphatic rings. The smallest absolute Gasteiger partial charge is 0.341 e. The van der Waals surface area contributed by atoms with Gasteiger partial charge in [-0.15, -0.1) is 0 Å². The minimum atomic E-state index is -0.674. The summed E-state index contributed by atoms with van der Waals surface area (Å²) in [6, 6.07) is 2.86. The van der Waals surface area contributed by atoms with Gasteiger partial charge in [0.05, 0.1) is 23.4 Å². The molecule has 3 rings (SSSR count). The number of esters is 1. The number of benzene rings is 1. The number of aromatic amines is 1. The molecule has 1 aromatic heterocycles. The van der Waals surface area contributed by atoms with Crippen molar-refractivity contribution in [1.82, 2.24) is 15.3 Å². The van der Waals surface area contributed by atoms with Crippen LogP contribution in [-0.2, 0) is 9.53 Å². The van der Waals surface area contributed by atoms with Gasteiger partial charge in [0, 0.05) is 5.71 Å². The van der Waals surface area contributed by atoms with E-state index in [0.717, 1.165) is 22.2 Å². The van der Waals surface area contributed by atoms with E-state index in [9.17, 15) is 9.59 Å². The van der Waals surface area contributed by atoms with E-state index in [4.69, 9.17) is 4.74 Å². The van der Waals surface area contributed by atoms with Gasteiger partial charge in [-0.2, -0.15) is 0 Å². The molecule has 2 N–H and O–H groups in total. The number of ether oxygens (including phenoxy) is 1. The Labute approximate surface area is 158 Å². The minimum Gasteiger partial charge on any atom is -0.462 e. The first-order chi connectivity index (χ1) is 12.6. The highest BCUT2D eigenvalue weighted by Gasteiger charge is 2.39. The van der Waals surface area contributed by atoms with E-state index in [2.05, 4.69) is 20.3 Å². The van der Waals surface area contributed by atoms with Crippen LogP contribution in [0.25, 0.3) is 11.0 Å². The molecule has 2 aromatic rings. The Bertz CT molecular complexity index is 923. The van der Waals surface area contributed by atoms with Gasteiger partial charge < -0.3 is 15.0 Å². The fourth-order valence-electron chi connectivity index (χ4n) is 3.16. The number of imidazole rings is 1. The number of aromatic nitrogens is 2. The summed E-state index contributed by atoms with van der Waals surface area (Å²) in [4.78, 5) is 36.4. The summed E-state index contributed by atoms with van der Waals surface area (Å²) in [6.07, 6.45) is 1.36. The van der Waals surface area contributed by atoms with E-state index in [-0.39, 0.29) is 17.5 Å². The second-order valence-corrected chi connectivity index (χ2v) is 8.24. The Morgan fingerprint density at radius 1 is 1.26 bits per heavy atom. The molecule has 0 spiro atoms. The van der Waals surface area contributed by atoms with E-state index in [1.807, 2.05) is 46.8 Å². The lowest BCUT2D eigenvalue weighted by atomic mass is 9.86. The Hall–Kier alpha value is -2.70. The van der Waals surface area contributed by atoms with Crippen molar-refractivity contribution in [3.63, 3.8) is 0 Å². The molecule has 0 fully saturated rings. The zero-order valence-electron chi connectivity index (χ0n) is 16.6. The number of rotatable bonds is 3. The first kappa shape index (κ1) is 19.1. The highest BCUT2D eigenvalue weighted by Crippen LogP contribution is 2.32. The Morgan fingerprint density at radius 2 is 1.96 bits per heavy atom. The molecule has 0 radical (unpaired) electrons. The molecule has 1 aliphatic heterocycles. The summed E-state index contributed by atoms with van der Waals surface area (Å²) in [5.41, 5.74) is 3.78. The van der Waals surface area contributed by atoms with Crippen molar-refractivity contribution in [3.05, 3.63) is 29.6 Å². The molecule has 3 atom stereocenters. The SMILES string of the molecule is CC1=NC(=O)NC(c2cc(C)c3nc[nH]c3c2)C1C(=O)OC(C)C(C)(C)C. The monoisotopic (exact) mass is 370 g/mol. The van der Waals surface area contributed by atoms with E-state index in [1.54, 1.807) is 13.3 Å². The molecule has 1 aromatic carbocycles. The molecule has 27 heavy (non-hydrogen) atoms. The van der Waals surface area contributed by atoms with E-state index in [0.29, 0.717) is 5.71 Å². The lowest BCUT2D eigenvalue weighted by Gasteiger charge is -2.33. The fraction of sp³-hybridized carbons (Fsp3) is 0.500. The second kappa shape index (κ2) is 6.79. The third-order valence-corrected chi connectivity index (χ3v) is 5.20. The number of aryl methyl sites for hydroxylation is 1. The predicted octanol–water partition coefficient (Wildman–Crippen LogP) is 3.69. The number of urea groups is 1. The molecular weight excluding hydrogens is 344 g/mol. The summed E-state index contributed by atoms with van der Waals surface area (Å²) >= 11 is 0. The first-order valence-corrected chi connectivity index (χ1v) is 9.07. The summed E-state index contributed by atoms with van der Waals surface area (Å²) in [5, 5.41) is 2.83. The van der Waals surface area contributed by atoms with Crippen molar-refractivity contribution in [2.45, 2.75) is 53.7 Å². The van der Waals surface area contributed by atoms with Crippen LogP contribution >= 0.6 is 0 Å². The molecule has 0 aliphatic carbocycles. The normalized spacial score (nSPS) is 21.6. The molecule has 0 saturated heterocycles. The van der Waals surface area contributed by atoms with Gasteiger partial charge in [-0.3, -0.25) is 4.79 Å². The number of carbonyl (C=O) groups is 2. The van der Waals surface area contributed by atoms with Gasteiger partial charge in [-0.1, -0.05) is 26.8 Å². The fourth-order valence-corrected chi connectivity index (χ4v) is 3.16. The molecule has 0 bridgehead atoms. The lowest BCUT2D eigenvalue weighted by molar-refractivity contribution is -0.156. The average molecular weight is 370 g/mol. The van der Waals surface area contributed by atoms with Crippen LogP contribution in [-0.4, -0.2) is 33.8 Å². The number of carbonyl (C=O) groups excluding carboxylic acids is 2. The molecule has 7 heteroatoms. The van der Waals surface area contributed by atoms with E-state index in [1.165, 1.54) is 0 Å². The number of aliphatic imine (C=N–C) groups is 1. The van der Waals surface area contributed by atoms with Crippen LogP contribution in [0, 0.1) is 18.3 Å². The number of H-pyrrole nitrogens is 1. The van der Waals surface area contributed by atoms with Gasteiger partial charge in [0.25, 0.3) is 0 Å². The quantitative estimate of drug-likeness (QED) is 0.805. The van der Waals surface area contributed by atoms with Crippen LogP contribution in [0.1, 0.15) is 51.8 Å². The van der Waals surface area contributed by atoms with Gasteiger partial charge in [0.15, 0.2) is 0 Å². The van der Waals surface area contributed by atoms with Gasteiger partial charge in [0.2, 0.25) is 0 Å². The highest BCUT2D eigenvalue weighted by atomic mass is 16.5. The number of nitrogens with one attached hydrogen (secondary N) is 2. The van der Waals surface area contributed by atoms with Crippen molar-refractivity contribution >= 4 is 28.7 Å². The van der Waals surface area contributed by atoms with Gasteiger partial charge in [-0.25, -0.2) is 14.8 Å². The van der Waals surface area contributed by atoms with Crippen LogP contribution in [0.15, 0.2) is 23.5 Å². The molecule has 2 heterocycles. The number of hydrogen-bond donors (Lipinski definition) is 2. The number of hydrogen-bond acceptors (Lipinski definition) is 4. The average Bonchev–Trinajstić information content (AvgIpc) is 3.02. The maximum atomic E-state index is 13.0. The molecular formula is C20H26N4O3. The third kappa shape index (κ3) is 3.72. The summed E-state index contributed by atoms with van der Waals surface area (Å²) < 4.78 is 5.72. The maximum Gasteiger partial charge on any atom is 0.341 e. The largest absolute Gasteiger partial charge is 0.462 e. The van der Waals surface area contributed by atoms with Crippen molar-refractivity contribution in [3.8, 4) is 0 Å². The molecule has 0 saturated carbocycles. The highest BCUT2D eigenvalue weighted by molar-refractivity contribution is 6.08. The van der Waals surface area contributed by atoms with Crippen LogP contribution in [0.4, 0.5) is 4.79 Å². The van der Waals surface area contributed by atoms with Crippen molar-refractivity contribution in [2.75, 3.05) is 0 Å². The Morgan fingerprint density at radius 3 is 2.63 bits per heavy atom. The number of fused-ring (bicyclic) bond motifs is 1. The number of amides is 2. The number of nitrogens with zero attached hydrogens (tertiary/aromatic N) is 2. The molecule has 7 nitrogen and oxygen atoms in total. The minimum absolute atomic E-state index is 0.181. The second-order valence-electron chi connectivity index (χ2n) is 8.24. The van der Waals surface area contributed by atoms with Gasteiger partial charge in [0.1, 0.15) is 12.0 Å². The standard InChI is InChI=1S/C20H26N4O3/c1-10-7-13(8-14-16(10)22-9-21-14)17-15(11(2)23-19(26)24-17)18(25)27-12(3)20(4,5)6/h7-9,12,15,17H,1-6H3,(H,21,22)(H,24,26). The van der Waals surface area contributed by atoms with E-state index >= 15 is 0 Å². The van der Waals surface area contributed by atoms with E-state index < -0.39 is 18.0 Å². The molecule has 3 unspecified atom stereocenters. The van der Waals surface area contributed by atoms with Gasteiger partial charge >= 0.3 is 12.0 Å².